The Morgan fingerprint density at radius 1 is 1.00 bits per heavy atom. The van der Waals surface area contributed by atoms with Crippen LogP contribution in [0.5, 0.6) is 0 Å². The molecule has 5 heteroatoms. The van der Waals surface area contributed by atoms with Gasteiger partial charge in [-0.2, -0.15) is 8.42 Å². The highest BCUT2D eigenvalue weighted by atomic mass is 32.3. The standard InChI is InChI=1S/C14H22.H2O4S/c1-13(2)9-5-3-6-10-14-11-7-4-8-12-14;1-5(2,3)4/h4,7-8,11-13H,3,5-6,9-10H2,1-2H3;(H2,1,2,3,4). The van der Waals surface area contributed by atoms with E-state index >= 15 is 0 Å². The Kier molecular flexibility index (Phi) is 9.47. The van der Waals surface area contributed by atoms with Gasteiger partial charge in [0.05, 0.1) is 0 Å². The Labute approximate surface area is 116 Å². The van der Waals surface area contributed by atoms with Crippen LogP contribution in [0.25, 0.3) is 0 Å². The molecule has 0 spiro atoms. The molecule has 4 nitrogen and oxygen atoms in total. The van der Waals surface area contributed by atoms with Gasteiger partial charge in [-0.1, -0.05) is 63.4 Å². The Hall–Kier alpha value is -0.910. The average Bonchev–Trinajstić information content (AvgIpc) is 2.27. The van der Waals surface area contributed by atoms with Crippen LogP contribution in [0.2, 0.25) is 0 Å². The average molecular weight is 288 g/mol. The molecule has 0 saturated carbocycles. The Morgan fingerprint density at radius 2 is 1.53 bits per heavy atom. The van der Waals surface area contributed by atoms with E-state index in [1.807, 2.05) is 0 Å². The summed E-state index contributed by atoms with van der Waals surface area (Å²) < 4.78 is 31.6. The third kappa shape index (κ3) is 17.1. The molecule has 1 aromatic carbocycles. The number of hydrogen-bond donors (Lipinski definition) is 2. The Bertz CT molecular complexity index is 404. The molecular weight excluding hydrogens is 264 g/mol. The Morgan fingerprint density at radius 3 is 2.00 bits per heavy atom. The summed E-state index contributed by atoms with van der Waals surface area (Å²) in [6.07, 6.45) is 6.75. The van der Waals surface area contributed by atoms with E-state index in [-0.39, 0.29) is 0 Å². The minimum Gasteiger partial charge on any atom is -0.264 e. The van der Waals surface area contributed by atoms with Crippen molar-refractivity contribution in [2.75, 3.05) is 0 Å². The zero-order valence-corrected chi connectivity index (χ0v) is 12.4. The molecule has 0 aromatic heterocycles. The van der Waals surface area contributed by atoms with Crippen molar-refractivity contribution in [1.29, 1.82) is 0 Å². The molecular formula is C14H24O4S. The maximum atomic E-state index is 8.74. The van der Waals surface area contributed by atoms with Crippen LogP contribution < -0.4 is 0 Å². The second kappa shape index (κ2) is 9.95. The van der Waals surface area contributed by atoms with Gasteiger partial charge in [-0.05, 0) is 24.3 Å². The molecule has 0 saturated heterocycles. The summed E-state index contributed by atoms with van der Waals surface area (Å²) in [5.74, 6) is 0.867. The van der Waals surface area contributed by atoms with Crippen molar-refractivity contribution >= 4 is 10.4 Å². The monoisotopic (exact) mass is 288 g/mol. The van der Waals surface area contributed by atoms with E-state index < -0.39 is 10.4 Å². The minimum absolute atomic E-state index is 0.867. The fourth-order valence-corrected chi connectivity index (χ4v) is 1.70. The zero-order chi connectivity index (χ0) is 14.7. The van der Waals surface area contributed by atoms with Gasteiger partial charge in [0.25, 0.3) is 0 Å². The molecule has 0 fully saturated rings. The highest BCUT2D eigenvalue weighted by Crippen LogP contribution is 2.10. The predicted molar refractivity (Wildman–Crippen MR) is 77.6 cm³/mol. The first-order chi connectivity index (χ1) is 8.79. The van der Waals surface area contributed by atoms with Crippen LogP contribution in [-0.4, -0.2) is 17.5 Å². The van der Waals surface area contributed by atoms with Gasteiger partial charge in [-0.25, -0.2) is 0 Å². The highest BCUT2D eigenvalue weighted by molar-refractivity contribution is 7.79. The first kappa shape index (κ1) is 18.1. The van der Waals surface area contributed by atoms with Gasteiger partial charge in [0.1, 0.15) is 0 Å². The van der Waals surface area contributed by atoms with Crippen molar-refractivity contribution < 1.29 is 17.5 Å². The largest absolute Gasteiger partial charge is 0.394 e. The first-order valence-electron chi connectivity index (χ1n) is 6.53. The third-order valence-corrected chi connectivity index (χ3v) is 2.59. The quantitative estimate of drug-likeness (QED) is 0.617. The number of aryl methyl sites for hydroxylation is 1. The van der Waals surface area contributed by atoms with Crippen LogP contribution in [-0.2, 0) is 16.8 Å². The second-order valence-corrected chi connectivity index (χ2v) is 5.82. The van der Waals surface area contributed by atoms with Crippen molar-refractivity contribution in [3.63, 3.8) is 0 Å². The van der Waals surface area contributed by atoms with Crippen molar-refractivity contribution in [2.24, 2.45) is 5.92 Å². The fourth-order valence-electron chi connectivity index (χ4n) is 1.70. The first-order valence-corrected chi connectivity index (χ1v) is 7.92. The van der Waals surface area contributed by atoms with E-state index in [0.29, 0.717) is 0 Å². The molecule has 0 bridgehead atoms. The molecule has 0 unspecified atom stereocenters. The SMILES string of the molecule is CC(C)CCCCCc1ccccc1.O=S(=O)(O)O. The summed E-state index contributed by atoms with van der Waals surface area (Å²) in [6, 6.07) is 10.8. The van der Waals surface area contributed by atoms with Gasteiger partial charge in [0.2, 0.25) is 0 Å². The lowest BCUT2D eigenvalue weighted by molar-refractivity contribution is 0.381. The second-order valence-electron chi connectivity index (χ2n) is 4.93. The highest BCUT2D eigenvalue weighted by Gasteiger charge is 1.95. The van der Waals surface area contributed by atoms with E-state index in [2.05, 4.69) is 44.2 Å². The normalized spacial score (nSPS) is 11.0. The summed E-state index contributed by atoms with van der Waals surface area (Å²) in [5.41, 5.74) is 1.48. The molecule has 0 amide bonds. The summed E-state index contributed by atoms with van der Waals surface area (Å²) >= 11 is 0. The third-order valence-electron chi connectivity index (χ3n) is 2.59. The molecule has 110 valence electrons. The number of hydrogen-bond acceptors (Lipinski definition) is 2. The van der Waals surface area contributed by atoms with Crippen LogP contribution >= 0.6 is 0 Å². The summed E-state index contributed by atoms with van der Waals surface area (Å²) in [6.45, 7) is 4.61. The summed E-state index contributed by atoms with van der Waals surface area (Å²) in [4.78, 5) is 0. The minimum atomic E-state index is -4.67. The lowest BCUT2D eigenvalue weighted by Gasteiger charge is -2.04. The molecule has 0 heterocycles. The topological polar surface area (TPSA) is 74.6 Å². The number of rotatable bonds is 6. The van der Waals surface area contributed by atoms with Gasteiger partial charge in [-0.15, -0.1) is 0 Å². The number of benzene rings is 1. The molecule has 0 atom stereocenters. The molecule has 2 N–H and O–H groups in total. The van der Waals surface area contributed by atoms with E-state index in [9.17, 15) is 0 Å². The number of unbranched alkanes of at least 4 members (excludes halogenated alkanes) is 2. The molecule has 1 aromatic rings. The van der Waals surface area contributed by atoms with E-state index in [1.54, 1.807) is 0 Å². The van der Waals surface area contributed by atoms with Crippen LogP contribution in [0.15, 0.2) is 30.3 Å². The lowest BCUT2D eigenvalue weighted by atomic mass is 10.0. The maximum absolute atomic E-state index is 8.74. The molecule has 0 radical (unpaired) electrons. The van der Waals surface area contributed by atoms with Crippen LogP contribution in [0.3, 0.4) is 0 Å². The van der Waals surface area contributed by atoms with Gasteiger partial charge in [0.15, 0.2) is 0 Å². The summed E-state index contributed by atoms with van der Waals surface area (Å²) in [5, 5.41) is 0. The maximum Gasteiger partial charge on any atom is 0.394 e. The van der Waals surface area contributed by atoms with Gasteiger partial charge in [0, 0.05) is 0 Å². The molecule has 1 rings (SSSR count). The van der Waals surface area contributed by atoms with E-state index in [1.165, 1.54) is 37.7 Å². The molecule has 0 aliphatic rings. The summed E-state index contributed by atoms with van der Waals surface area (Å²) in [7, 11) is -4.67. The zero-order valence-electron chi connectivity index (χ0n) is 11.6. The molecule has 0 aliphatic heterocycles. The van der Waals surface area contributed by atoms with Crippen molar-refractivity contribution in [3.05, 3.63) is 35.9 Å². The van der Waals surface area contributed by atoms with E-state index in [4.69, 9.17) is 17.5 Å². The van der Waals surface area contributed by atoms with Crippen LogP contribution in [0.4, 0.5) is 0 Å². The van der Waals surface area contributed by atoms with Gasteiger partial charge >= 0.3 is 10.4 Å². The van der Waals surface area contributed by atoms with E-state index in [0.717, 1.165) is 5.92 Å². The smallest absolute Gasteiger partial charge is 0.264 e. The van der Waals surface area contributed by atoms with Crippen LogP contribution in [0.1, 0.15) is 45.1 Å². The predicted octanol–water partition coefficient (Wildman–Crippen LogP) is 3.79. The van der Waals surface area contributed by atoms with Crippen molar-refractivity contribution in [3.8, 4) is 0 Å². The van der Waals surface area contributed by atoms with Crippen LogP contribution in [0, 0.1) is 5.92 Å². The van der Waals surface area contributed by atoms with Crippen molar-refractivity contribution in [2.45, 2.75) is 46.0 Å². The molecule has 19 heavy (non-hydrogen) atoms. The lowest BCUT2D eigenvalue weighted by Crippen LogP contribution is -1.89. The fraction of sp³-hybridized carbons (Fsp3) is 0.571. The van der Waals surface area contributed by atoms with Gasteiger partial charge in [-0.3, -0.25) is 9.11 Å². The van der Waals surface area contributed by atoms with Crippen molar-refractivity contribution in [1.82, 2.24) is 0 Å². The van der Waals surface area contributed by atoms with Gasteiger partial charge < -0.3 is 0 Å². The Balaban J connectivity index is 0.000000555. The molecule has 0 aliphatic carbocycles.